The molecule has 4 heteroatoms. The van der Waals surface area contributed by atoms with Gasteiger partial charge >= 0.3 is 0 Å². The number of benzene rings is 1. The number of rotatable bonds is 2. The van der Waals surface area contributed by atoms with Crippen molar-refractivity contribution in [3.8, 4) is 11.4 Å². The number of aromatic nitrogens is 2. The molecule has 0 amide bonds. The predicted octanol–water partition coefficient (Wildman–Crippen LogP) is 2.33. The Morgan fingerprint density at radius 2 is 1.83 bits per heavy atom. The minimum absolute atomic E-state index is 0.0488. The first kappa shape index (κ1) is 10.7. The largest absolute Gasteiger partial charge is 0.497 e. The summed E-state index contributed by atoms with van der Waals surface area (Å²) in [6.07, 6.45) is 1.82. The molecule has 0 radical (unpaired) electrons. The molecule has 0 fully saturated rings. The number of hydrogen-bond donors (Lipinski definition) is 1. The van der Waals surface area contributed by atoms with Crippen LogP contribution in [0.5, 0.6) is 5.75 Å². The fourth-order valence-corrected chi connectivity index (χ4v) is 2.05. The maximum Gasteiger partial charge on any atom is 0.255 e. The van der Waals surface area contributed by atoms with Crippen LogP contribution in [0.1, 0.15) is 0 Å². The normalized spacial score (nSPS) is 10.7. The fraction of sp³-hybridized carbons (Fsp3) is 0.0714. The number of ether oxygens (including phenoxy) is 1. The molecule has 4 nitrogen and oxygen atoms in total. The standard InChI is InChI=1S/C14H12N2O2/c1-18-11-4-2-10(3-5-11)16-13-8-9-15-12(13)6-7-14(16)17/h2-9,15H,1H3. The first-order valence-corrected chi connectivity index (χ1v) is 5.63. The molecular formula is C14H12N2O2. The van der Waals surface area contributed by atoms with Crippen molar-refractivity contribution < 1.29 is 4.74 Å². The third kappa shape index (κ3) is 1.59. The molecule has 0 aliphatic rings. The summed E-state index contributed by atoms with van der Waals surface area (Å²) in [5, 5.41) is 0. The average Bonchev–Trinajstić information content (AvgIpc) is 2.87. The van der Waals surface area contributed by atoms with Crippen molar-refractivity contribution in [3.05, 3.63) is 59.0 Å². The Hall–Kier alpha value is -2.49. The number of hydrogen-bond acceptors (Lipinski definition) is 2. The number of nitrogens with one attached hydrogen (secondary N) is 1. The molecule has 3 rings (SSSR count). The van der Waals surface area contributed by atoms with Crippen LogP contribution in [0.3, 0.4) is 0 Å². The van der Waals surface area contributed by atoms with E-state index in [0.717, 1.165) is 22.5 Å². The van der Waals surface area contributed by atoms with E-state index in [9.17, 15) is 4.79 Å². The lowest BCUT2D eigenvalue weighted by Crippen LogP contribution is -2.16. The molecule has 0 aliphatic heterocycles. The van der Waals surface area contributed by atoms with Gasteiger partial charge < -0.3 is 9.72 Å². The van der Waals surface area contributed by atoms with Gasteiger partial charge in [0.25, 0.3) is 5.56 Å². The van der Waals surface area contributed by atoms with Gasteiger partial charge in [0.2, 0.25) is 0 Å². The molecule has 0 unspecified atom stereocenters. The highest BCUT2D eigenvalue weighted by Crippen LogP contribution is 2.18. The van der Waals surface area contributed by atoms with Crippen molar-refractivity contribution >= 4 is 11.0 Å². The lowest BCUT2D eigenvalue weighted by molar-refractivity contribution is 0.415. The van der Waals surface area contributed by atoms with E-state index in [-0.39, 0.29) is 5.56 Å². The van der Waals surface area contributed by atoms with Crippen molar-refractivity contribution in [1.29, 1.82) is 0 Å². The van der Waals surface area contributed by atoms with Gasteiger partial charge in [-0.2, -0.15) is 0 Å². The molecule has 1 N–H and O–H groups in total. The highest BCUT2D eigenvalue weighted by atomic mass is 16.5. The SMILES string of the molecule is COc1ccc(-n2c(=O)ccc3[nH]ccc32)cc1. The molecule has 0 saturated carbocycles. The molecule has 0 bridgehead atoms. The van der Waals surface area contributed by atoms with Crippen molar-refractivity contribution in [3.63, 3.8) is 0 Å². The molecule has 18 heavy (non-hydrogen) atoms. The van der Waals surface area contributed by atoms with E-state index in [1.54, 1.807) is 23.8 Å². The maximum absolute atomic E-state index is 12.0. The first-order valence-electron chi connectivity index (χ1n) is 5.63. The summed E-state index contributed by atoms with van der Waals surface area (Å²) < 4.78 is 6.79. The number of pyridine rings is 1. The first-order chi connectivity index (χ1) is 8.79. The van der Waals surface area contributed by atoms with Crippen molar-refractivity contribution in [1.82, 2.24) is 9.55 Å². The van der Waals surface area contributed by atoms with E-state index in [2.05, 4.69) is 4.98 Å². The zero-order valence-corrected chi connectivity index (χ0v) is 9.88. The second-order valence-corrected chi connectivity index (χ2v) is 3.98. The third-order valence-electron chi connectivity index (χ3n) is 2.94. The molecule has 3 aromatic rings. The Bertz CT molecular complexity index is 738. The second-order valence-electron chi connectivity index (χ2n) is 3.98. The summed E-state index contributed by atoms with van der Waals surface area (Å²) in [5.74, 6) is 0.771. The van der Waals surface area contributed by atoms with Crippen molar-refractivity contribution in [2.75, 3.05) is 7.11 Å². The van der Waals surface area contributed by atoms with Gasteiger partial charge in [0, 0.05) is 18.0 Å². The van der Waals surface area contributed by atoms with Crippen LogP contribution in [0.15, 0.2) is 53.5 Å². The highest BCUT2D eigenvalue weighted by Gasteiger charge is 2.05. The molecule has 90 valence electrons. The average molecular weight is 240 g/mol. The van der Waals surface area contributed by atoms with E-state index in [0.29, 0.717) is 0 Å². The van der Waals surface area contributed by atoms with Gasteiger partial charge in [-0.3, -0.25) is 9.36 Å². The van der Waals surface area contributed by atoms with Crippen molar-refractivity contribution in [2.24, 2.45) is 0 Å². The molecule has 0 atom stereocenters. The predicted molar refractivity (Wildman–Crippen MR) is 70.4 cm³/mol. The van der Waals surface area contributed by atoms with Crippen LogP contribution in [-0.4, -0.2) is 16.7 Å². The quantitative estimate of drug-likeness (QED) is 0.747. The Kier molecular flexibility index (Phi) is 2.41. The number of aromatic amines is 1. The van der Waals surface area contributed by atoms with E-state index in [1.807, 2.05) is 36.5 Å². The summed E-state index contributed by atoms with van der Waals surface area (Å²) in [5.41, 5.74) is 2.58. The third-order valence-corrected chi connectivity index (χ3v) is 2.94. The Balaban J connectivity index is 2.26. The molecule has 2 aromatic heterocycles. The fourth-order valence-electron chi connectivity index (χ4n) is 2.05. The molecular weight excluding hydrogens is 228 g/mol. The zero-order valence-electron chi connectivity index (χ0n) is 9.88. The van der Waals surface area contributed by atoms with E-state index in [4.69, 9.17) is 4.74 Å². The van der Waals surface area contributed by atoms with E-state index >= 15 is 0 Å². The Labute approximate surface area is 103 Å². The molecule has 2 heterocycles. The van der Waals surface area contributed by atoms with Crippen LogP contribution < -0.4 is 10.3 Å². The van der Waals surface area contributed by atoms with Crippen LogP contribution in [0.4, 0.5) is 0 Å². The molecule has 0 aliphatic carbocycles. The van der Waals surface area contributed by atoms with Gasteiger partial charge in [0.1, 0.15) is 5.75 Å². The highest BCUT2D eigenvalue weighted by molar-refractivity contribution is 5.77. The summed E-state index contributed by atoms with van der Waals surface area (Å²) in [6.45, 7) is 0. The number of methoxy groups -OCH3 is 1. The summed E-state index contributed by atoms with van der Waals surface area (Å²) in [7, 11) is 1.62. The number of fused-ring (bicyclic) bond motifs is 1. The zero-order chi connectivity index (χ0) is 12.5. The van der Waals surface area contributed by atoms with Gasteiger partial charge in [-0.05, 0) is 36.4 Å². The number of H-pyrrole nitrogens is 1. The Morgan fingerprint density at radius 1 is 1.06 bits per heavy atom. The van der Waals surface area contributed by atoms with Crippen LogP contribution in [0, 0.1) is 0 Å². The van der Waals surface area contributed by atoms with Gasteiger partial charge in [-0.1, -0.05) is 0 Å². The topological polar surface area (TPSA) is 47.0 Å². The van der Waals surface area contributed by atoms with Crippen LogP contribution >= 0.6 is 0 Å². The molecule has 1 aromatic carbocycles. The van der Waals surface area contributed by atoms with E-state index < -0.39 is 0 Å². The molecule has 0 spiro atoms. The maximum atomic E-state index is 12.0. The monoisotopic (exact) mass is 240 g/mol. The van der Waals surface area contributed by atoms with Crippen molar-refractivity contribution in [2.45, 2.75) is 0 Å². The lowest BCUT2D eigenvalue weighted by atomic mass is 10.2. The minimum atomic E-state index is -0.0488. The van der Waals surface area contributed by atoms with Gasteiger partial charge in [-0.15, -0.1) is 0 Å². The Morgan fingerprint density at radius 3 is 2.56 bits per heavy atom. The van der Waals surface area contributed by atoms with E-state index in [1.165, 1.54) is 0 Å². The smallest absolute Gasteiger partial charge is 0.255 e. The number of nitrogens with zero attached hydrogens (tertiary/aromatic N) is 1. The lowest BCUT2D eigenvalue weighted by Gasteiger charge is -2.08. The summed E-state index contributed by atoms with van der Waals surface area (Å²) in [6, 6.07) is 12.7. The van der Waals surface area contributed by atoms with Gasteiger partial charge in [-0.25, -0.2) is 0 Å². The van der Waals surface area contributed by atoms with Gasteiger partial charge in [0.15, 0.2) is 0 Å². The minimum Gasteiger partial charge on any atom is -0.497 e. The van der Waals surface area contributed by atoms with Crippen LogP contribution in [0.2, 0.25) is 0 Å². The van der Waals surface area contributed by atoms with Crippen LogP contribution in [0.25, 0.3) is 16.7 Å². The molecule has 0 saturated heterocycles. The second kappa shape index (κ2) is 4.07. The summed E-state index contributed by atoms with van der Waals surface area (Å²) in [4.78, 5) is 15.1. The summed E-state index contributed by atoms with van der Waals surface area (Å²) >= 11 is 0. The van der Waals surface area contributed by atoms with Crippen LogP contribution in [-0.2, 0) is 0 Å². The van der Waals surface area contributed by atoms with Gasteiger partial charge in [0.05, 0.1) is 18.1 Å².